The van der Waals surface area contributed by atoms with Gasteiger partial charge in [-0.2, -0.15) is 0 Å². The molecule has 0 saturated carbocycles. The Balaban J connectivity index is 1.53. The number of likely N-dealkylation sites (N-methyl/N-ethyl adjacent to an activating group) is 1. The molecule has 2 aromatic rings. The van der Waals surface area contributed by atoms with E-state index in [-0.39, 0.29) is 24.3 Å². The van der Waals surface area contributed by atoms with Crippen molar-refractivity contribution in [2.45, 2.75) is 6.92 Å². The van der Waals surface area contributed by atoms with E-state index in [9.17, 15) is 18.8 Å². The van der Waals surface area contributed by atoms with Crippen LogP contribution < -0.4 is 0 Å². The lowest BCUT2D eigenvalue weighted by atomic mass is 10.1. The smallest absolute Gasteiger partial charge is 0.264 e. The van der Waals surface area contributed by atoms with Gasteiger partial charge in [-0.05, 0) is 36.1 Å². The molecule has 6 nitrogen and oxygen atoms in total. The fourth-order valence-electron chi connectivity index (χ4n) is 3.03. The maximum Gasteiger partial charge on any atom is 0.264 e. The molecule has 28 heavy (non-hydrogen) atoms. The van der Waals surface area contributed by atoms with Crippen molar-refractivity contribution in [1.29, 1.82) is 0 Å². The van der Waals surface area contributed by atoms with E-state index in [4.69, 9.17) is 0 Å². The van der Waals surface area contributed by atoms with Crippen LogP contribution in [0.4, 0.5) is 4.39 Å². The first-order valence-corrected chi connectivity index (χ1v) is 9.87. The van der Waals surface area contributed by atoms with Crippen molar-refractivity contribution in [2.24, 2.45) is 0 Å². The van der Waals surface area contributed by atoms with Crippen molar-refractivity contribution in [1.82, 2.24) is 14.7 Å². The molecule has 0 radical (unpaired) electrons. The first-order valence-electron chi connectivity index (χ1n) is 8.99. The first-order chi connectivity index (χ1) is 13.4. The summed E-state index contributed by atoms with van der Waals surface area (Å²) in [7, 11) is 1.60. The van der Waals surface area contributed by atoms with Crippen LogP contribution in [0.25, 0.3) is 0 Å². The average molecular weight is 403 g/mol. The van der Waals surface area contributed by atoms with Crippen molar-refractivity contribution >= 4 is 29.1 Å². The normalized spacial score (nSPS) is 14.1. The van der Waals surface area contributed by atoms with Gasteiger partial charge < -0.3 is 14.7 Å². The third-order valence-corrected chi connectivity index (χ3v) is 5.65. The van der Waals surface area contributed by atoms with E-state index >= 15 is 0 Å². The maximum atomic E-state index is 13.7. The van der Waals surface area contributed by atoms with E-state index in [2.05, 4.69) is 0 Å². The van der Waals surface area contributed by atoms with E-state index in [0.717, 1.165) is 0 Å². The number of aryl methyl sites for hydroxylation is 1. The fourth-order valence-corrected chi connectivity index (χ4v) is 3.75. The number of hydrogen-bond acceptors (Lipinski definition) is 4. The number of carbonyl (C=O) groups is 3. The molecule has 1 aliphatic rings. The summed E-state index contributed by atoms with van der Waals surface area (Å²) in [5.41, 5.74) is 0.803. The fraction of sp³-hybridized carbons (Fsp3) is 0.350. The molecular weight excluding hydrogens is 381 g/mol. The highest BCUT2D eigenvalue weighted by Crippen LogP contribution is 2.14. The van der Waals surface area contributed by atoms with Gasteiger partial charge in [0.2, 0.25) is 5.91 Å². The van der Waals surface area contributed by atoms with Crippen LogP contribution in [0.5, 0.6) is 0 Å². The van der Waals surface area contributed by atoms with Crippen LogP contribution in [0.3, 0.4) is 0 Å². The lowest BCUT2D eigenvalue weighted by Crippen LogP contribution is -2.52. The van der Waals surface area contributed by atoms with Gasteiger partial charge in [-0.15, -0.1) is 11.3 Å². The minimum absolute atomic E-state index is 0.00610. The van der Waals surface area contributed by atoms with E-state index in [1.807, 2.05) is 5.38 Å². The Kier molecular flexibility index (Phi) is 6.08. The molecule has 1 saturated heterocycles. The van der Waals surface area contributed by atoms with Crippen LogP contribution in [0.1, 0.15) is 25.6 Å². The zero-order chi connectivity index (χ0) is 20.3. The number of rotatable bonds is 4. The zero-order valence-corrected chi connectivity index (χ0v) is 16.7. The predicted octanol–water partition coefficient (Wildman–Crippen LogP) is 2.25. The van der Waals surface area contributed by atoms with Crippen LogP contribution in [0, 0.1) is 12.7 Å². The van der Waals surface area contributed by atoms with Gasteiger partial charge in [-0.3, -0.25) is 14.4 Å². The second-order valence-corrected chi connectivity index (χ2v) is 7.72. The van der Waals surface area contributed by atoms with Crippen LogP contribution in [-0.4, -0.2) is 72.2 Å². The van der Waals surface area contributed by atoms with Crippen LogP contribution >= 0.6 is 11.3 Å². The molecule has 1 aromatic carbocycles. The summed E-state index contributed by atoms with van der Waals surface area (Å²) in [4.78, 5) is 42.6. The highest BCUT2D eigenvalue weighted by Gasteiger charge is 2.26. The third-order valence-electron chi connectivity index (χ3n) is 4.79. The molecule has 1 aromatic heterocycles. The summed E-state index contributed by atoms with van der Waals surface area (Å²) in [5, 5.41) is 1.82. The van der Waals surface area contributed by atoms with Gasteiger partial charge in [-0.25, -0.2) is 4.39 Å². The summed E-state index contributed by atoms with van der Waals surface area (Å²) < 4.78 is 13.7. The van der Waals surface area contributed by atoms with Gasteiger partial charge in [0, 0.05) is 38.8 Å². The summed E-state index contributed by atoms with van der Waals surface area (Å²) in [6.07, 6.45) is 0. The minimum Gasteiger partial charge on any atom is -0.338 e. The molecule has 0 N–H and O–H groups in total. The average Bonchev–Trinajstić information content (AvgIpc) is 3.23. The predicted molar refractivity (Wildman–Crippen MR) is 105 cm³/mol. The molecule has 1 fully saturated rings. The zero-order valence-electron chi connectivity index (χ0n) is 15.9. The van der Waals surface area contributed by atoms with E-state index in [1.165, 1.54) is 22.3 Å². The van der Waals surface area contributed by atoms with Crippen molar-refractivity contribution in [2.75, 3.05) is 39.8 Å². The highest BCUT2D eigenvalue weighted by atomic mass is 32.1. The Labute approximate surface area is 167 Å². The largest absolute Gasteiger partial charge is 0.338 e. The molecule has 2 heterocycles. The molecule has 8 heteroatoms. The van der Waals surface area contributed by atoms with Gasteiger partial charge >= 0.3 is 0 Å². The topological polar surface area (TPSA) is 60.9 Å². The molecule has 148 valence electrons. The number of amides is 3. The number of halogens is 1. The van der Waals surface area contributed by atoms with Crippen molar-refractivity contribution in [3.8, 4) is 0 Å². The molecule has 3 amide bonds. The molecule has 0 aliphatic carbocycles. The third kappa shape index (κ3) is 4.39. The quantitative estimate of drug-likeness (QED) is 0.787. The minimum atomic E-state index is -0.405. The van der Waals surface area contributed by atoms with Crippen molar-refractivity contribution in [3.05, 3.63) is 57.5 Å². The molecule has 0 spiro atoms. The Morgan fingerprint density at radius 1 is 1.11 bits per heavy atom. The summed E-state index contributed by atoms with van der Waals surface area (Å²) in [6, 6.07) is 7.97. The molecule has 1 aliphatic heterocycles. The number of nitrogens with zero attached hydrogens (tertiary/aromatic N) is 3. The van der Waals surface area contributed by atoms with E-state index < -0.39 is 5.82 Å². The van der Waals surface area contributed by atoms with Gasteiger partial charge in [0.1, 0.15) is 5.82 Å². The van der Waals surface area contributed by atoms with Crippen LogP contribution in [0.2, 0.25) is 0 Å². The molecule has 0 atom stereocenters. The summed E-state index contributed by atoms with van der Waals surface area (Å²) in [6.45, 7) is 3.17. The lowest BCUT2D eigenvalue weighted by molar-refractivity contribution is -0.133. The Morgan fingerprint density at radius 2 is 1.79 bits per heavy atom. The monoisotopic (exact) mass is 403 g/mol. The lowest BCUT2D eigenvalue weighted by Gasteiger charge is -2.35. The van der Waals surface area contributed by atoms with Crippen molar-refractivity contribution < 1.29 is 18.8 Å². The molecule has 0 unspecified atom stereocenters. The van der Waals surface area contributed by atoms with Gasteiger partial charge in [0.25, 0.3) is 11.8 Å². The SMILES string of the molecule is Cc1ccc(C(=O)N2CCN(C(=O)CN(C)C(=O)c3cccs3)CC2)cc1F. The summed E-state index contributed by atoms with van der Waals surface area (Å²) in [5.74, 6) is -0.978. The number of hydrogen-bond donors (Lipinski definition) is 0. The van der Waals surface area contributed by atoms with E-state index in [0.29, 0.717) is 42.2 Å². The highest BCUT2D eigenvalue weighted by molar-refractivity contribution is 7.12. The van der Waals surface area contributed by atoms with Gasteiger partial charge in [0.15, 0.2) is 0 Å². The van der Waals surface area contributed by atoms with Crippen LogP contribution in [-0.2, 0) is 4.79 Å². The first kappa shape index (κ1) is 20.0. The standard InChI is InChI=1S/C20H22FN3O3S/c1-14-5-6-15(12-16(14)21)19(26)24-9-7-23(8-10-24)18(25)13-22(2)20(27)17-4-3-11-28-17/h3-6,11-12H,7-10,13H2,1-2H3. The Morgan fingerprint density at radius 3 is 2.39 bits per heavy atom. The Hall–Kier alpha value is -2.74. The van der Waals surface area contributed by atoms with Crippen molar-refractivity contribution in [3.63, 3.8) is 0 Å². The molecule has 0 bridgehead atoms. The Bertz CT molecular complexity index is 877. The number of benzene rings is 1. The molecular formula is C20H22FN3O3S. The summed E-state index contributed by atoms with van der Waals surface area (Å²) >= 11 is 1.34. The number of piperazine rings is 1. The maximum absolute atomic E-state index is 13.7. The second-order valence-electron chi connectivity index (χ2n) is 6.78. The van der Waals surface area contributed by atoms with Crippen LogP contribution in [0.15, 0.2) is 35.7 Å². The van der Waals surface area contributed by atoms with Gasteiger partial charge in [-0.1, -0.05) is 12.1 Å². The number of carbonyl (C=O) groups excluding carboxylic acids is 3. The van der Waals surface area contributed by atoms with Gasteiger partial charge in [0.05, 0.1) is 11.4 Å². The van der Waals surface area contributed by atoms with E-state index in [1.54, 1.807) is 48.0 Å². The molecule has 3 rings (SSSR count). The number of thiophene rings is 1. The second kappa shape index (κ2) is 8.52.